The molecule has 0 heterocycles. The Balaban J connectivity index is 3.53. The van der Waals surface area contributed by atoms with Gasteiger partial charge in [0.15, 0.2) is 0 Å². The lowest BCUT2D eigenvalue weighted by molar-refractivity contribution is 0.238. The number of nitrogens with one attached hydrogen (secondary N) is 1. The number of hydrogen-bond donors (Lipinski definition) is 1. The highest BCUT2D eigenvalue weighted by Crippen LogP contribution is 1.94. The summed E-state index contributed by atoms with van der Waals surface area (Å²) in [6.45, 7) is 11.5. The van der Waals surface area contributed by atoms with E-state index in [0.29, 0.717) is 0 Å². The maximum absolute atomic E-state index is 3.37. The molecule has 0 aromatic carbocycles. The minimum absolute atomic E-state index is 1.09. The first-order valence-electron chi connectivity index (χ1n) is 6.28. The Bertz CT molecular complexity index is 126. The van der Waals surface area contributed by atoms with Crippen LogP contribution in [-0.2, 0) is 0 Å². The molecule has 0 atom stereocenters. The molecule has 15 heavy (non-hydrogen) atoms. The minimum Gasteiger partial charge on any atom is -0.317 e. The maximum Gasteiger partial charge on any atom is 0.0109 e. The van der Waals surface area contributed by atoms with Gasteiger partial charge in [-0.25, -0.2) is 0 Å². The molecule has 3 heteroatoms. The molecule has 3 nitrogen and oxygen atoms in total. The molecule has 0 radical (unpaired) electrons. The van der Waals surface area contributed by atoms with Gasteiger partial charge in [0.05, 0.1) is 0 Å². The van der Waals surface area contributed by atoms with Crippen molar-refractivity contribution in [3.63, 3.8) is 0 Å². The van der Waals surface area contributed by atoms with Crippen molar-refractivity contribution in [3.05, 3.63) is 0 Å². The number of hydrogen-bond acceptors (Lipinski definition) is 3. The molecule has 92 valence electrons. The topological polar surface area (TPSA) is 18.5 Å². The lowest BCUT2D eigenvalue weighted by Crippen LogP contribution is -2.34. The Labute approximate surface area is 95.8 Å². The van der Waals surface area contributed by atoms with Gasteiger partial charge in [0, 0.05) is 13.1 Å². The summed E-state index contributed by atoms with van der Waals surface area (Å²) in [5, 5.41) is 3.37. The van der Waals surface area contributed by atoms with Crippen LogP contribution in [0.2, 0.25) is 0 Å². The second-order valence-electron chi connectivity index (χ2n) is 4.35. The second-order valence-corrected chi connectivity index (χ2v) is 4.35. The molecule has 0 aromatic rings. The maximum atomic E-state index is 3.37. The van der Waals surface area contributed by atoms with Gasteiger partial charge in [-0.15, -0.1) is 0 Å². The van der Waals surface area contributed by atoms with E-state index in [-0.39, 0.29) is 0 Å². The lowest BCUT2D eigenvalue weighted by atomic mass is 10.3. The predicted octanol–water partition coefficient (Wildman–Crippen LogP) is 1.26. The molecule has 1 N–H and O–H groups in total. The van der Waals surface area contributed by atoms with Crippen LogP contribution in [0.15, 0.2) is 0 Å². The highest BCUT2D eigenvalue weighted by molar-refractivity contribution is 4.60. The molecule has 0 unspecified atom stereocenters. The van der Waals surface area contributed by atoms with Crippen LogP contribution >= 0.6 is 0 Å². The molecular formula is C12H29N3. The number of nitrogens with zero attached hydrogens (tertiary/aromatic N) is 2. The van der Waals surface area contributed by atoms with Crippen molar-refractivity contribution in [1.29, 1.82) is 0 Å². The summed E-state index contributed by atoms with van der Waals surface area (Å²) in [7, 11) is 4.28. The Morgan fingerprint density at radius 2 is 1.67 bits per heavy atom. The first-order valence-corrected chi connectivity index (χ1v) is 6.28. The first kappa shape index (κ1) is 14.9. The highest BCUT2D eigenvalue weighted by atomic mass is 15.2. The molecular weight excluding hydrogens is 186 g/mol. The summed E-state index contributed by atoms with van der Waals surface area (Å²) < 4.78 is 0. The molecule has 0 aliphatic heterocycles. The Morgan fingerprint density at radius 1 is 0.933 bits per heavy atom. The van der Waals surface area contributed by atoms with Gasteiger partial charge in [-0.3, -0.25) is 0 Å². The molecule has 0 amide bonds. The van der Waals surface area contributed by atoms with Crippen molar-refractivity contribution in [2.45, 2.75) is 26.7 Å². The molecule has 0 bridgehead atoms. The van der Waals surface area contributed by atoms with Crippen LogP contribution < -0.4 is 5.32 Å². The number of likely N-dealkylation sites (N-methyl/N-ethyl adjacent to an activating group) is 1. The fourth-order valence-electron chi connectivity index (χ4n) is 1.60. The third-order valence-electron chi connectivity index (χ3n) is 2.48. The Kier molecular flexibility index (Phi) is 10.3. The van der Waals surface area contributed by atoms with Crippen LogP contribution in [0.4, 0.5) is 0 Å². The molecule has 0 saturated heterocycles. The molecule has 0 fully saturated rings. The van der Waals surface area contributed by atoms with E-state index >= 15 is 0 Å². The quantitative estimate of drug-likeness (QED) is 0.554. The molecule has 0 aliphatic carbocycles. The lowest BCUT2D eigenvalue weighted by Gasteiger charge is -2.23. The van der Waals surface area contributed by atoms with Gasteiger partial charge in [-0.2, -0.15) is 0 Å². The van der Waals surface area contributed by atoms with Gasteiger partial charge in [-0.1, -0.05) is 13.8 Å². The summed E-state index contributed by atoms with van der Waals surface area (Å²) in [6, 6.07) is 0. The van der Waals surface area contributed by atoms with Crippen molar-refractivity contribution in [3.8, 4) is 0 Å². The van der Waals surface area contributed by atoms with E-state index in [1.807, 2.05) is 0 Å². The normalized spacial score (nSPS) is 11.6. The van der Waals surface area contributed by atoms with Crippen molar-refractivity contribution >= 4 is 0 Å². The summed E-state index contributed by atoms with van der Waals surface area (Å²) in [5.74, 6) is 0. The van der Waals surface area contributed by atoms with E-state index < -0.39 is 0 Å². The van der Waals surface area contributed by atoms with Gasteiger partial charge in [0.2, 0.25) is 0 Å². The van der Waals surface area contributed by atoms with E-state index in [9.17, 15) is 0 Å². The van der Waals surface area contributed by atoms with E-state index in [2.05, 4.69) is 43.1 Å². The fraction of sp³-hybridized carbons (Fsp3) is 1.00. The highest BCUT2D eigenvalue weighted by Gasteiger charge is 2.03. The van der Waals surface area contributed by atoms with E-state index in [0.717, 1.165) is 13.1 Å². The standard InChI is InChI=1S/C12H29N3/c1-5-9-15(12-11-14(3)4)10-7-8-13-6-2/h13H,5-12H2,1-4H3. The number of rotatable bonds is 10. The largest absolute Gasteiger partial charge is 0.317 e. The fourth-order valence-corrected chi connectivity index (χ4v) is 1.60. The van der Waals surface area contributed by atoms with Crippen molar-refractivity contribution in [2.75, 3.05) is 53.4 Å². The van der Waals surface area contributed by atoms with Crippen LogP contribution in [0, 0.1) is 0 Å². The van der Waals surface area contributed by atoms with Crippen molar-refractivity contribution in [1.82, 2.24) is 15.1 Å². The van der Waals surface area contributed by atoms with Gasteiger partial charge in [-0.05, 0) is 53.1 Å². The van der Waals surface area contributed by atoms with E-state index in [1.165, 1.54) is 39.0 Å². The van der Waals surface area contributed by atoms with Crippen LogP contribution in [0.5, 0.6) is 0 Å². The van der Waals surface area contributed by atoms with E-state index in [4.69, 9.17) is 0 Å². The van der Waals surface area contributed by atoms with Crippen LogP contribution in [0.3, 0.4) is 0 Å². The Hall–Kier alpha value is -0.120. The molecule has 0 aliphatic rings. The first-order chi connectivity index (χ1) is 7.20. The SMILES string of the molecule is CCCN(CCCNCC)CCN(C)C. The summed E-state index contributed by atoms with van der Waals surface area (Å²) in [6.07, 6.45) is 2.52. The van der Waals surface area contributed by atoms with Crippen LogP contribution in [0.1, 0.15) is 26.7 Å². The molecule has 0 aromatic heterocycles. The molecule has 0 spiro atoms. The average molecular weight is 215 g/mol. The van der Waals surface area contributed by atoms with Gasteiger partial charge < -0.3 is 15.1 Å². The van der Waals surface area contributed by atoms with Gasteiger partial charge >= 0.3 is 0 Å². The van der Waals surface area contributed by atoms with Crippen molar-refractivity contribution in [2.24, 2.45) is 0 Å². The Morgan fingerprint density at radius 3 is 2.20 bits per heavy atom. The smallest absolute Gasteiger partial charge is 0.0109 e. The third kappa shape index (κ3) is 10.2. The third-order valence-corrected chi connectivity index (χ3v) is 2.48. The zero-order valence-electron chi connectivity index (χ0n) is 11.1. The zero-order valence-corrected chi connectivity index (χ0v) is 11.1. The average Bonchev–Trinajstić information content (AvgIpc) is 2.20. The summed E-state index contributed by atoms with van der Waals surface area (Å²) >= 11 is 0. The monoisotopic (exact) mass is 215 g/mol. The summed E-state index contributed by atoms with van der Waals surface area (Å²) in [5.41, 5.74) is 0. The predicted molar refractivity (Wildman–Crippen MR) is 68.4 cm³/mol. The summed E-state index contributed by atoms with van der Waals surface area (Å²) in [4.78, 5) is 4.82. The van der Waals surface area contributed by atoms with Crippen LogP contribution in [0.25, 0.3) is 0 Å². The van der Waals surface area contributed by atoms with Gasteiger partial charge in [0.25, 0.3) is 0 Å². The minimum atomic E-state index is 1.09. The molecule has 0 saturated carbocycles. The van der Waals surface area contributed by atoms with Crippen LogP contribution in [-0.4, -0.2) is 63.2 Å². The van der Waals surface area contributed by atoms with Crippen molar-refractivity contribution < 1.29 is 0 Å². The van der Waals surface area contributed by atoms with E-state index in [1.54, 1.807) is 0 Å². The molecule has 0 rings (SSSR count). The second kappa shape index (κ2) is 10.4. The zero-order chi connectivity index (χ0) is 11.5. The van der Waals surface area contributed by atoms with Gasteiger partial charge in [0.1, 0.15) is 0 Å².